The molecule has 1 rings (SSSR count). The van der Waals surface area contributed by atoms with E-state index in [0.29, 0.717) is 11.6 Å². The van der Waals surface area contributed by atoms with Gasteiger partial charge in [-0.15, -0.1) is 0 Å². The summed E-state index contributed by atoms with van der Waals surface area (Å²) < 4.78 is 0. The van der Waals surface area contributed by atoms with Gasteiger partial charge in [-0.2, -0.15) is 0 Å². The second kappa shape index (κ2) is 6.08. The lowest BCUT2D eigenvalue weighted by Gasteiger charge is -2.22. The lowest BCUT2D eigenvalue weighted by atomic mass is 10.00. The molecule has 0 aliphatic rings. The Morgan fingerprint density at radius 3 is 2.47 bits per heavy atom. The van der Waals surface area contributed by atoms with Crippen LogP contribution in [0.15, 0.2) is 24.3 Å². The Balaban J connectivity index is 2.73. The van der Waals surface area contributed by atoms with Crippen LogP contribution in [-0.4, -0.2) is 24.7 Å². The van der Waals surface area contributed by atoms with Crippen LogP contribution in [0, 0.1) is 0 Å². The van der Waals surface area contributed by atoms with E-state index in [4.69, 9.17) is 17.3 Å². The summed E-state index contributed by atoms with van der Waals surface area (Å²) in [7, 11) is 1.82. The van der Waals surface area contributed by atoms with E-state index in [1.807, 2.05) is 19.2 Å². The maximum atomic E-state index is 10.0. The van der Waals surface area contributed by atoms with E-state index in [-0.39, 0.29) is 6.04 Å². The summed E-state index contributed by atoms with van der Waals surface area (Å²) in [5.74, 6) is 0. The second-order valence-corrected chi connectivity index (χ2v) is 3.91. The Hall–Kier alpha value is -0.610. The van der Waals surface area contributed by atoms with Gasteiger partial charge in [0.1, 0.15) is 0 Å². The van der Waals surface area contributed by atoms with E-state index < -0.39 is 6.10 Å². The Kier molecular flexibility index (Phi) is 5.05. The van der Waals surface area contributed by atoms with Crippen molar-refractivity contribution in [2.45, 2.75) is 18.6 Å². The minimum Gasteiger partial charge on any atom is -0.387 e. The SMILES string of the molecule is CNC(CCN)C(O)c1ccc(Cl)cc1. The molecule has 15 heavy (non-hydrogen) atoms. The van der Waals surface area contributed by atoms with Crippen LogP contribution < -0.4 is 11.1 Å². The van der Waals surface area contributed by atoms with Gasteiger partial charge in [0.2, 0.25) is 0 Å². The summed E-state index contributed by atoms with van der Waals surface area (Å²) in [4.78, 5) is 0. The van der Waals surface area contributed by atoms with Crippen LogP contribution in [0.5, 0.6) is 0 Å². The molecule has 2 atom stereocenters. The van der Waals surface area contributed by atoms with Gasteiger partial charge in [-0.05, 0) is 37.7 Å². The Morgan fingerprint density at radius 2 is 2.00 bits per heavy atom. The third kappa shape index (κ3) is 3.47. The second-order valence-electron chi connectivity index (χ2n) is 3.47. The summed E-state index contributed by atoms with van der Waals surface area (Å²) in [6.07, 6.45) is 0.191. The molecule has 0 amide bonds. The predicted octanol–water partition coefficient (Wildman–Crippen LogP) is 1.31. The maximum Gasteiger partial charge on any atom is 0.0943 e. The average molecular weight is 229 g/mol. The van der Waals surface area contributed by atoms with Crippen molar-refractivity contribution >= 4 is 11.6 Å². The van der Waals surface area contributed by atoms with Crippen LogP contribution in [0.1, 0.15) is 18.1 Å². The zero-order valence-electron chi connectivity index (χ0n) is 8.78. The molecule has 4 heteroatoms. The third-order valence-electron chi connectivity index (χ3n) is 2.44. The van der Waals surface area contributed by atoms with Crippen LogP contribution in [-0.2, 0) is 0 Å². The van der Waals surface area contributed by atoms with Crippen LogP contribution in [0.4, 0.5) is 0 Å². The molecule has 0 radical (unpaired) electrons. The minimum atomic E-state index is -0.546. The van der Waals surface area contributed by atoms with E-state index in [9.17, 15) is 5.11 Å². The normalized spacial score (nSPS) is 14.9. The van der Waals surface area contributed by atoms with Gasteiger partial charge in [-0.1, -0.05) is 23.7 Å². The van der Waals surface area contributed by atoms with Crippen molar-refractivity contribution in [3.8, 4) is 0 Å². The van der Waals surface area contributed by atoms with Crippen molar-refractivity contribution in [3.63, 3.8) is 0 Å². The highest BCUT2D eigenvalue weighted by atomic mass is 35.5. The molecule has 0 spiro atoms. The van der Waals surface area contributed by atoms with Gasteiger partial charge < -0.3 is 16.2 Å². The number of aliphatic hydroxyl groups is 1. The van der Waals surface area contributed by atoms with Crippen molar-refractivity contribution in [3.05, 3.63) is 34.9 Å². The molecule has 0 saturated carbocycles. The van der Waals surface area contributed by atoms with Crippen molar-refractivity contribution in [2.75, 3.05) is 13.6 Å². The molecule has 1 aromatic carbocycles. The molecule has 2 unspecified atom stereocenters. The number of hydrogen-bond donors (Lipinski definition) is 3. The molecule has 0 heterocycles. The van der Waals surface area contributed by atoms with Crippen molar-refractivity contribution in [1.82, 2.24) is 5.32 Å². The van der Waals surface area contributed by atoms with Gasteiger partial charge >= 0.3 is 0 Å². The fourth-order valence-electron chi connectivity index (χ4n) is 1.53. The van der Waals surface area contributed by atoms with E-state index >= 15 is 0 Å². The first-order chi connectivity index (χ1) is 7.19. The zero-order chi connectivity index (χ0) is 11.3. The topological polar surface area (TPSA) is 58.3 Å². The smallest absolute Gasteiger partial charge is 0.0943 e. The molecule has 0 aromatic heterocycles. The van der Waals surface area contributed by atoms with Crippen LogP contribution in [0.3, 0.4) is 0 Å². The predicted molar refractivity (Wildman–Crippen MR) is 62.9 cm³/mol. The monoisotopic (exact) mass is 228 g/mol. The van der Waals surface area contributed by atoms with Gasteiger partial charge in [0, 0.05) is 11.1 Å². The molecular formula is C11H17ClN2O. The fourth-order valence-corrected chi connectivity index (χ4v) is 1.66. The van der Waals surface area contributed by atoms with Gasteiger partial charge in [0.25, 0.3) is 0 Å². The number of halogens is 1. The molecule has 0 bridgehead atoms. The van der Waals surface area contributed by atoms with E-state index in [1.54, 1.807) is 12.1 Å². The number of benzene rings is 1. The summed E-state index contributed by atoms with van der Waals surface area (Å²) >= 11 is 5.77. The number of likely N-dealkylation sites (N-methyl/N-ethyl adjacent to an activating group) is 1. The Labute approximate surface area is 95.2 Å². The van der Waals surface area contributed by atoms with Gasteiger partial charge in [0.15, 0.2) is 0 Å². The Bertz CT molecular complexity index is 289. The number of rotatable bonds is 5. The highest BCUT2D eigenvalue weighted by Crippen LogP contribution is 2.20. The van der Waals surface area contributed by atoms with Crippen LogP contribution in [0.25, 0.3) is 0 Å². The van der Waals surface area contributed by atoms with Crippen molar-refractivity contribution in [2.24, 2.45) is 5.73 Å². The molecule has 3 nitrogen and oxygen atoms in total. The zero-order valence-corrected chi connectivity index (χ0v) is 9.54. The molecule has 84 valence electrons. The lowest BCUT2D eigenvalue weighted by Crippen LogP contribution is -2.34. The molecule has 0 saturated heterocycles. The van der Waals surface area contributed by atoms with Gasteiger partial charge in [-0.25, -0.2) is 0 Å². The molecule has 0 aliphatic heterocycles. The standard InChI is InChI=1S/C11H17ClN2O/c1-14-10(6-7-13)11(15)8-2-4-9(12)5-3-8/h2-5,10-11,14-15H,6-7,13H2,1H3. The quantitative estimate of drug-likeness (QED) is 0.712. The molecule has 0 fully saturated rings. The number of aliphatic hydroxyl groups excluding tert-OH is 1. The van der Waals surface area contributed by atoms with E-state index in [0.717, 1.165) is 12.0 Å². The largest absolute Gasteiger partial charge is 0.387 e. The first-order valence-electron chi connectivity index (χ1n) is 5.00. The summed E-state index contributed by atoms with van der Waals surface area (Å²) in [6.45, 7) is 0.552. The van der Waals surface area contributed by atoms with Crippen molar-refractivity contribution in [1.29, 1.82) is 0 Å². The van der Waals surface area contributed by atoms with Gasteiger partial charge in [0.05, 0.1) is 6.10 Å². The molecule has 4 N–H and O–H groups in total. The van der Waals surface area contributed by atoms with Gasteiger partial charge in [-0.3, -0.25) is 0 Å². The summed E-state index contributed by atoms with van der Waals surface area (Å²) in [6, 6.07) is 7.18. The average Bonchev–Trinajstić information content (AvgIpc) is 2.26. The number of nitrogens with one attached hydrogen (secondary N) is 1. The lowest BCUT2D eigenvalue weighted by molar-refractivity contribution is 0.129. The summed E-state index contributed by atoms with van der Waals surface area (Å²) in [5, 5.41) is 13.8. The highest BCUT2D eigenvalue weighted by Gasteiger charge is 2.17. The minimum absolute atomic E-state index is 0.0174. The van der Waals surface area contributed by atoms with E-state index in [2.05, 4.69) is 5.32 Å². The number of nitrogens with two attached hydrogens (primary N) is 1. The fraction of sp³-hybridized carbons (Fsp3) is 0.455. The van der Waals surface area contributed by atoms with Crippen LogP contribution >= 0.6 is 11.6 Å². The molecular weight excluding hydrogens is 212 g/mol. The maximum absolute atomic E-state index is 10.0. The molecule has 1 aromatic rings. The molecule has 0 aliphatic carbocycles. The van der Waals surface area contributed by atoms with Crippen LogP contribution in [0.2, 0.25) is 5.02 Å². The third-order valence-corrected chi connectivity index (χ3v) is 2.69. The van der Waals surface area contributed by atoms with Crippen molar-refractivity contribution < 1.29 is 5.11 Å². The number of hydrogen-bond acceptors (Lipinski definition) is 3. The first-order valence-corrected chi connectivity index (χ1v) is 5.37. The highest BCUT2D eigenvalue weighted by molar-refractivity contribution is 6.30. The first kappa shape index (κ1) is 12.5. The summed E-state index contributed by atoms with van der Waals surface area (Å²) in [5.41, 5.74) is 6.33. The van der Waals surface area contributed by atoms with E-state index in [1.165, 1.54) is 0 Å². The Morgan fingerprint density at radius 1 is 1.40 bits per heavy atom.